The Hall–Kier alpha value is -1.62. The maximum absolute atomic E-state index is 9.54. The van der Waals surface area contributed by atoms with Gasteiger partial charge >= 0.3 is 0 Å². The van der Waals surface area contributed by atoms with E-state index in [1.807, 2.05) is 12.1 Å². The summed E-state index contributed by atoms with van der Waals surface area (Å²) in [6.45, 7) is 0. The summed E-state index contributed by atoms with van der Waals surface area (Å²) < 4.78 is 16.0. The topological polar surface area (TPSA) is 60.0 Å². The van der Waals surface area contributed by atoms with E-state index in [4.69, 9.17) is 14.2 Å². The monoisotopic (exact) mass is 281 g/mol. The number of rotatable bonds is 5. The van der Waals surface area contributed by atoms with Crippen molar-refractivity contribution in [2.24, 2.45) is 0 Å². The van der Waals surface area contributed by atoms with Crippen molar-refractivity contribution < 1.29 is 19.3 Å². The summed E-state index contributed by atoms with van der Waals surface area (Å²) in [6, 6.07) is 4.19. The van der Waals surface area contributed by atoms with Gasteiger partial charge in [0.15, 0.2) is 11.5 Å². The smallest absolute Gasteiger partial charge is 0.203 e. The fourth-order valence-corrected chi connectivity index (χ4v) is 2.62. The molecule has 1 fully saturated rings. The molecule has 2 rings (SSSR count). The number of hydrogen-bond acceptors (Lipinski definition) is 5. The zero-order valence-corrected chi connectivity index (χ0v) is 12.3. The molecule has 0 radical (unpaired) electrons. The van der Waals surface area contributed by atoms with Crippen LogP contribution in [0.1, 0.15) is 25.7 Å². The number of ether oxygens (including phenoxy) is 3. The van der Waals surface area contributed by atoms with E-state index in [1.54, 1.807) is 21.3 Å². The third-order valence-corrected chi connectivity index (χ3v) is 3.73. The average molecular weight is 281 g/mol. The third-order valence-electron chi connectivity index (χ3n) is 3.73. The molecule has 0 aromatic heterocycles. The molecule has 0 unspecified atom stereocenters. The molecule has 1 aromatic carbocycles. The van der Waals surface area contributed by atoms with E-state index in [1.165, 1.54) is 0 Å². The average Bonchev–Trinajstić information content (AvgIpc) is 2.48. The van der Waals surface area contributed by atoms with E-state index < -0.39 is 0 Å². The van der Waals surface area contributed by atoms with Gasteiger partial charge in [-0.1, -0.05) is 0 Å². The van der Waals surface area contributed by atoms with Gasteiger partial charge in [0.1, 0.15) is 0 Å². The van der Waals surface area contributed by atoms with Gasteiger partial charge in [0.05, 0.1) is 27.4 Å². The molecule has 1 aliphatic rings. The Kier molecular flexibility index (Phi) is 4.95. The van der Waals surface area contributed by atoms with Crippen molar-refractivity contribution in [3.8, 4) is 17.2 Å². The lowest BCUT2D eigenvalue weighted by Crippen LogP contribution is -2.28. The Labute approximate surface area is 119 Å². The van der Waals surface area contributed by atoms with Crippen molar-refractivity contribution in [1.82, 2.24) is 0 Å². The van der Waals surface area contributed by atoms with E-state index in [-0.39, 0.29) is 6.10 Å². The van der Waals surface area contributed by atoms with E-state index in [0.29, 0.717) is 23.3 Å². The van der Waals surface area contributed by atoms with Gasteiger partial charge in [0.2, 0.25) is 5.75 Å². The van der Waals surface area contributed by atoms with Crippen LogP contribution in [0.3, 0.4) is 0 Å². The zero-order chi connectivity index (χ0) is 14.5. The molecule has 5 nitrogen and oxygen atoms in total. The molecule has 0 amide bonds. The first kappa shape index (κ1) is 14.8. The Morgan fingerprint density at radius 1 is 0.950 bits per heavy atom. The number of aliphatic hydroxyl groups is 1. The lowest BCUT2D eigenvalue weighted by atomic mass is 9.93. The highest BCUT2D eigenvalue weighted by atomic mass is 16.5. The molecule has 0 aliphatic heterocycles. The van der Waals surface area contributed by atoms with Crippen molar-refractivity contribution in [1.29, 1.82) is 0 Å². The highest BCUT2D eigenvalue weighted by molar-refractivity contribution is 5.62. The van der Waals surface area contributed by atoms with Crippen molar-refractivity contribution in [2.45, 2.75) is 37.8 Å². The highest BCUT2D eigenvalue weighted by Gasteiger charge is 2.20. The Balaban J connectivity index is 2.15. The Bertz CT molecular complexity index is 416. The summed E-state index contributed by atoms with van der Waals surface area (Å²) in [7, 11) is 4.81. The van der Waals surface area contributed by atoms with Gasteiger partial charge in [-0.25, -0.2) is 0 Å². The highest BCUT2D eigenvalue weighted by Crippen LogP contribution is 2.40. The van der Waals surface area contributed by atoms with Crippen LogP contribution in [-0.2, 0) is 0 Å². The lowest BCUT2D eigenvalue weighted by molar-refractivity contribution is 0.126. The Morgan fingerprint density at radius 3 is 1.95 bits per heavy atom. The quantitative estimate of drug-likeness (QED) is 0.868. The first-order chi connectivity index (χ1) is 9.67. The molecule has 0 atom stereocenters. The van der Waals surface area contributed by atoms with Crippen LogP contribution in [0, 0.1) is 0 Å². The zero-order valence-electron chi connectivity index (χ0n) is 12.3. The van der Waals surface area contributed by atoms with Gasteiger partial charge in [0, 0.05) is 23.9 Å². The second-order valence-electron chi connectivity index (χ2n) is 5.06. The van der Waals surface area contributed by atoms with Gasteiger partial charge < -0.3 is 24.6 Å². The summed E-state index contributed by atoms with van der Waals surface area (Å²) in [4.78, 5) is 0. The van der Waals surface area contributed by atoms with Gasteiger partial charge in [0.25, 0.3) is 0 Å². The minimum absolute atomic E-state index is 0.145. The van der Waals surface area contributed by atoms with Crippen LogP contribution in [0.25, 0.3) is 0 Å². The van der Waals surface area contributed by atoms with Crippen LogP contribution in [0.4, 0.5) is 5.69 Å². The van der Waals surface area contributed by atoms with Gasteiger partial charge in [-0.15, -0.1) is 0 Å². The van der Waals surface area contributed by atoms with Crippen molar-refractivity contribution in [3.05, 3.63) is 12.1 Å². The van der Waals surface area contributed by atoms with Crippen LogP contribution in [-0.4, -0.2) is 38.6 Å². The van der Waals surface area contributed by atoms with E-state index in [0.717, 1.165) is 31.4 Å². The maximum atomic E-state index is 9.54. The first-order valence-corrected chi connectivity index (χ1v) is 6.92. The second kappa shape index (κ2) is 6.70. The van der Waals surface area contributed by atoms with Crippen molar-refractivity contribution >= 4 is 5.69 Å². The molecule has 0 spiro atoms. The Morgan fingerprint density at radius 2 is 1.50 bits per heavy atom. The molecule has 1 aliphatic carbocycles. The first-order valence-electron chi connectivity index (χ1n) is 6.92. The number of benzene rings is 1. The number of anilines is 1. The molecule has 0 saturated heterocycles. The SMILES string of the molecule is COc1cc(NC2CCC(O)CC2)cc(OC)c1OC. The molecule has 2 N–H and O–H groups in total. The van der Waals surface area contributed by atoms with Crippen LogP contribution < -0.4 is 19.5 Å². The maximum Gasteiger partial charge on any atom is 0.203 e. The van der Waals surface area contributed by atoms with Gasteiger partial charge in [-0.3, -0.25) is 0 Å². The van der Waals surface area contributed by atoms with Crippen LogP contribution in [0.15, 0.2) is 12.1 Å². The molecule has 5 heteroatoms. The summed E-state index contributed by atoms with van der Waals surface area (Å²) in [5.74, 6) is 1.88. The second-order valence-corrected chi connectivity index (χ2v) is 5.06. The van der Waals surface area contributed by atoms with E-state index in [9.17, 15) is 5.11 Å². The van der Waals surface area contributed by atoms with E-state index >= 15 is 0 Å². The summed E-state index contributed by atoms with van der Waals surface area (Å²) in [5, 5.41) is 13.0. The van der Waals surface area contributed by atoms with Gasteiger partial charge in [-0.2, -0.15) is 0 Å². The number of methoxy groups -OCH3 is 3. The van der Waals surface area contributed by atoms with Crippen molar-refractivity contribution in [2.75, 3.05) is 26.6 Å². The predicted octanol–water partition coefficient (Wildman–Crippen LogP) is 2.43. The fraction of sp³-hybridized carbons (Fsp3) is 0.600. The number of aliphatic hydroxyl groups excluding tert-OH is 1. The molecule has 1 aromatic rings. The minimum atomic E-state index is -0.145. The molecule has 1 saturated carbocycles. The molecule has 0 heterocycles. The fourth-order valence-electron chi connectivity index (χ4n) is 2.62. The molecule has 20 heavy (non-hydrogen) atoms. The summed E-state index contributed by atoms with van der Waals surface area (Å²) in [6.07, 6.45) is 3.49. The normalized spacial score (nSPS) is 22.2. The van der Waals surface area contributed by atoms with E-state index in [2.05, 4.69) is 5.32 Å². The predicted molar refractivity (Wildman–Crippen MR) is 78.0 cm³/mol. The summed E-state index contributed by atoms with van der Waals surface area (Å²) in [5.41, 5.74) is 0.945. The molecular formula is C15H23NO4. The molecule has 0 bridgehead atoms. The summed E-state index contributed by atoms with van der Waals surface area (Å²) >= 11 is 0. The van der Waals surface area contributed by atoms with Crippen molar-refractivity contribution in [3.63, 3.8) is 0 Å². The standard InChI is InChI=1S/C15H23NO4/c1-18-13-8-11(9-14(19-2)15(13)20-3)16-10-4-6-12(17)7-5-10/h8-10,12,16-17H,4-7H2,1-3H3. The van der Waals surface area contributed by atoms with Gasteiger partial charge in [-0.05, 0) is 25.7 Å². The lowest BCUT2D eigenvalue weighted by Gasteiger charge is -2.27. The van der Waals surface area contributed by atoms with Crippen LogP contribution in [0.5, 0.6) is 17.2 Å². The number of nitrogens with one attached hydrogen (secondary N) is 1. The number of hydrogen-bond donors (Lipinski definition) is 2. The molecular weight excluding hydrogens is 258 g/mol. The largest absolute Gasteiger partial charge is 0.493 e. The third kappa shape index (κ3) is 3.28. The van der Waals surface area contributed by atoms with Crippen LogP contribution in [0.2, 0.25) is 0 Å². The minimum Gasteiger partial charge on any atom is -0.493 e. The van der Waals surface area contributed by atoms with Crippen LogP contribution >= 0.6 is 0 Å². The molecule has 112 valence electrons.